The van der Waals surface area contributed by atoms with Crippen molar-refractivity contribution in [1.82, 2.24) is 5.32 Å². The highest BCUT2D eigenvalue weighted by Gasteiger charge is 2.24. The first-order valence-electron chi connectivity index (χ1n) is 5.73. The second kappa shape index (κ2) is 7.54. The van der Waals surface area contributed by atoms with Crippen molar-refractivity contribution >= 4 is 23.7 Å². The minimum absolute atomic E-state index is 0.271. The Labute approximate surface area is 102 Å². The molecule has 0 spiro atoms. The normalized spacial score (nSPS) is 11.2. The molecule has 0 rings (SSSR count). The van der Waals surface area contributed by atoms with Crippen LogP contribution in [0.1, 0.15) is 46.5 Å². The van der Waals surface area contributed by atoms with E-state index in [0.29, 0.717) is 6.42 Å². The van der Waals surface area contributed by atoms with Crippen LogP contribution in [0.15, 0.2) is 0 Å². The summed E-state index contributed by atoms with van der Waals surface area (Å²) in [5.41, 5.74) is 4.85. The van der Waals surface area contributed by atoms with Gasteiger partial charge in [-0.25, -0.2) is 4.79 Å². The number of amides is 3. The van der Waals surface area contributed by atoms with Gasteiger partial charge in [0.2, 0.25) is 5.91 Å². The molecule has 0 aromatic heterocycles. The quantitative estimate of drug-likeness (QED) is 0.724. The summed E-state index contributed by atoms with van der Waals surface area (Å²) in [5.74, 6) is 0.437. The Balaban J connectivity index is 3.95. The summed E-state index contributed by atoms with van der Waals surface area (Å²) in [5, 5.41) is 2.07. The molecule has 0 unspecified atom stereocenters. The van der Waals surface area contributed by atoms with Crippen molar-refractivity contribution < 1.29 is 9.59 Å². The maximum Gasteiger partial charge on any atom is 0.318 e. The van der Waals surface area contributed by atoms with Crippen LogP contribution >= 0.6 is 11.8 Å². The van der Waals surface area contributed by atoms with Crippen LogP contribution in [0.3, 0.4) is 0 Å². The van der Waals surface area contributed by atoms with Crippen LogP contribution < -0.4 is 11.1 Å². The lowest BCUT2D eigenvalue weighted by molar-refractivity contribution is -0.119. The molecule has 5 heteroatoms. The largest absolute Gasteiger partial charge is 0.351 e. The number of rotatable bonds is 7. The number of imide groups is 1. The maximum absolute atomic E-state index is 11.2. The molecule has 0 saturated heterocycles. The van der Waals surface area contributed by atoms with Crippen LogP contribution in [0.5, 0.6) is 0 Å². The van der Waals surface area contributed by atoms with E-state index in [9.17, 15) is 9.59 Å². The number of hydrogen-bond donors (Lipinski definition) is 2. The van der Waals surface area contributed by atoms with Gasteiger partial charge in [0, 0.05) is 16.9 Å². The van der Waals surface area contributed by atoms with Crippen molar-refractivity contribution in [2.45, 2.75) is 51.2 Å². The van der Waals surface area contributed by atoms with Gasteiger partial charge in [-0.1, -0.05) is 20.8 Å². The number of carbonyl (C=O) groups excluding carboxylic acids is 2. The molecule has 0 saturated carbocycles. The predicted octanol–water partition coefficient (Wildman–Crippen LogP) is 2.27. The molecule has 0 atom stereocenters. The number of hydrogen-bond acceptors (Lipinski definition) is 3. The highest BCUT2D eigenvalue weighted by atomic mass is 32.2. The summed E-state index contributed by atoms with van der Waals surface area (Å²) in [6.45, 7) is 6.51. The van der Waals surface area contributed by atoms with E-state index in [0.717, 1.165) is 25.0 Å². The van der Waals surface area contributed by atoms with Gasteiger partial charge in [0.05, 0.1) is 0 Å². The van der Waals surface area contributed by atoms with Crippen LogP contribution in [-0.2, 0) is 4.79 Å². The van der Waals surface area contributed by atoms with Crippen LogP contribution in [0.2, 0.25) is 0 Å². The molecule has 16 heavy (non-hydrogen) atoms. The van der Waals surface area contributed by atoms with Crippen molar-refractivity contribution in [1.29, 1.82) is 0 Å². The highest BCUT2D eigenvalue weighted by molar-refractivity contribution is 8.00. The Morgan fingerprint density at radius 2 is 1.69 bits per heavy atom. The van der Waals surface area contributed by atoms with E-state index in [1.165, 1.54) is 0 Å². The molecular formula is C11H22N2O2S. The summed E-state index contributed by atoms with van der Waals surface area (Å²) >= 11 is 1.81. The van der Waals surface area contributed by atoms with Gasteiger partial charge in [0.1, 0.15) is 0 Å². The van der Waals surface area contributed by atoms with E-state index in [-0.39, 0.29) is 10.7 Å². The number of thioether (sulfide) groups is 1. The lowest BCUT2D eigenvalue weighted by Crippen LogP contribution is -2.35. The molecule has 3 amide bonds. The topological polar surface area (TPSA) is 72.2 Å². The minimum Gasteiger partial charge on any atom is -0.351 e. The van der Waals surface area contributed by atoms with Crippen molar-refractivity contribution in [3.8, 4) is 0 Å². The first-order valence-corrected chi connectivity index (χ1v) is 6.71. The molecule has 0 aliphatic heterocycles. The monoisotopic (exact) mass is 246 g/mol. The molecule has 0 aliphatic rings. The van der Waals surface area contributed by atoms with E-state index < -0.39 is 6.03 Å². The highest BCUT2D eigenvalue weighted by Crippen LogP contribution is 2.35. The second-order valence-corrected chi connectivity index (χ2v) is 5.32. The molecule has 0 heterocycles. The average molecular weight is 246 g/mol. The number of carbonyl (C=O) groups is 2. The fourth-order valence-corrected chi connectivity index (χ4v) is 2.95. The summed E-state index contributed by atoms with van der Waals surface area (Å²) in [6.07, 6.45) is 3.64. The smallest absolute Gasteiger partial charge is 0.318 e. The molecule has 0 bridgehead atoms. The Kier molecular flexibility index (Phi) is 7.21. The summed E-state index contributed by atoms with van der Waals surface area (Å²) in [7, 11) is 0. The fraction of sp³-hybridized carbons (Fsp3) is 0.818. The molecule has 0 aliphatic carbocycles. The van der Waals surface area contributed by atoms with Crippen molar-refractivity contribution in [2.75, 3.05) is 5.75 Å². The predicted molar refractivity (Wildman–Crippen MR) is 68.4 cm³/mol. The fourth-order valence-electron chi connectivity index (χ4n) is 1.62. The van der Waals surface area contributed by atoms with E-state index in [1.807, 2.05) is 11.8 Å². The first kappa shape index (κ1) is 15.3. The van der Waals surface area contributed by atoms with Crippen molar-refractivity contribution in [2.24, 2.45) is 5.73 Å². The number of primary amides is 1. The zero-order valence-corrected chi connectivity index (χ0v) is 11.2. The lowest BCUT2D eigenvalue weighted by Gasteiger charge is -2.29. The van der Waals surface area contributed by atoms with Gasteiger partial charge in [-0.2, -0.15) is 11.8 Å². The number of nitrogens with two attached hydrogens (primary N) is 1. The molecule has 4 nitrogen and oxygen atoms in total. The standard InChI is InChI=1S/C11H22N2O2S/c1-4-11(5-2,6-3)16-8-7-9(14)13-10(12)15/h4-8H2,1-3H3,(H3,12,13,14,15). The average Bonchev–Trinajstić information content (AvgIpc) is 2.24. The van der Waals surface area contributed by atoms with Crippen molar-refractivity contribution in [3.05, 3.63) is 0 Å². The van der Waals surface area contributed by atoms with E-state index in [2.05, 4.69) is 26.1 Å². The molecule has 0 radical (unpaired) electrons. The van der Waals surface area contributed by atoms with Gasteiger partial charge in [-0.05, 0) is 19.3 Å². The van der Waals surface area contributed by atoms with Gasteiger partial charge in [-0.15, -0.1) is 0 Å². The van der Waals surface area contributed by atoms with Gasteiger partial charge in [0.15, 0.2) is 0 Å². The molecule has 3 N–H and O–H groups in total. The summed E-state index contributed by atoms with van der Waals surface area (Å²) in [4.78, 5) is 21.6. The Bertz CT molecular complexity index is 232. The Hall–Kier alpha value is -0.710. The first-order chi connectivity index (χ1) is 7.49. The number of nitrogens with one attached hydrogen (secondary N) is 1. The second-order valence-electron chi connectivity index (χ2n) is 3.75. The van der Waals surface area contributed by atoms with Crippen LogP contribution in [0.4, 0.5) is 4.79 Å². The van der Waals surface area contributed by atoms with E-state index in [4.69, 9.17) is 5.73 Å². The number of urea groups is 1. The molecule has 0 aromatic rings. The molecule has 0 fully saturated rings. The molecule has 0 aromatic carbocycles. The Morgan fingerprint density at radius 3 is 2.06 bits per heavy atom. The third kappa shape index (κ3) is 5.39. The van der Waals surface area contributed by atoms with Crippen molar-refractivity contribution in [3.63, 3.8) is 0 Å². The third-order valence-electron chi connectivity index (χ3n) is 2.93. The Morgan fingerprint density at radius 1 is 1.19 bits per heavy atom. The minimum atomic E-state index is -0.775. The van der Waals surface area contributed by atoms with Gasteiger partial charge >= 0.3 is 6.03 Å². The van der Waals surface area contributed by atoms with E-state index in [1.54, 1.807) is 0 Å². The van der Waals surface area contributed by atoms with Gasteiger partial charge < -0.3 is 5.73 Å². The molecular weight excluding hydrogens is 224 g/mol. The SMILES string of the molecule is CCC(CC)(CC)SCCC(=O)NC(N)=O. The lowest BCUT2D eigenvalue weighted by atomic mass is 9.99. The molecule has 94 valence electrons. The summed E-state index contributed by atoms with van der Waals surface area (Å²) in [6, 6.07) is -0.775. The van der Waals surface area contributed by atoms with E-state index >= 15 is 0 Å². The third-order valence-corrected chi connectivity index (χ3v) is 4.82. The zero-order chi connectivity index (χ0) is 12.6. The van der Waals surface area contributed by atoms with Gasteiger partial charge in [0.25, 0.3) is 0 Å². The van der Waals surface area contributed by atoms with Crippen LogP contribution in [0.25, 0.3) is 0 Å². The maximum atomic E-state index is 11.2. The summed E-state index contributed by atoms with van der Waals surface area (Å²) < 4.78 is 0.271. The van der Waals surface area contributed by atoms with Crippen LogP contribution in [0, 0.1) is 0 Å². The zero-order valence-electron chi connectivity index (χ0n) is 10.3. The van der Waals surface area contributed by atoms with Crippen LogP contribution in [-0.4, -0.2) is 22.4 Å². The van der Waals surface area contributed by atoms with Gasteiger partial charge in [-0.3, -0.25) is 10.1 Å².